The van der Waals surface area contributed by atoms with E-state index in [0.717, 1.165) is 18.5 Å². The van der Waals surface area contributed by atoms with Crippen LogP contribution in [0.2, 0.25) is 0 Å². The van der Waals surface area contributed by atoms with Gasteiger partial charge in [0.05, 0.1) is 19.3 Å². The first-order valence-electron chi connectivity index (χ1n) is 6.86. The summed E-state index contributed by atoms with van der Waals surface area (Å²) in [5, 5.41) is 3.36. The lowest BCUT2D eigenvalue weighted by atomic mass is 9.98. The predicted molar refractivity (Wildman–Crippen MR) is 75.1 cm³/mol. The van der Waals surface area contributed by atoms with Crippen molar-refractivity contribution < 1.29 is 13.9 Å². The van der Waals surface area contributed by atoms with Gasteiger partial charge in [0.15, 0.2) is 0 Å². The molecule has 3 nitrogen and oxygen atoms in total. The molecule has 0 saturated heterocycles. The Morgan fingerprint density at radius 1 is 1.26 bits per heavy atom. The van der Waals surface area contributed by atoms with Crippen molar-refractivity contribution in [2.45, 2.75) is 39.3 Å². The van der Waals surface area contributed by atoms with Gasteiger partial charge in [0.1, 0.15) is 11.6 Å². The highest BCUT2D eigenvalue weighted by atomic mass is 19.1. The molecule has 0 aliphatic rings. The Bertz CT molecular complexity index is 384. The molecule has 0 amide bonds. The molecule has 0 aliphatic heterocycles. The second kappa shape index (κ2) is 8.12. The summed E-state index contributed by atoms with van der Waals surface area (Å²) < 4.78 is 24.6. The van der Waals surface area contributed by atoms with Gasteiger partial charge in [0.25, 0.3) is 0 Å². The molecular weight excluding hydrogens is 245 g/mol. The van der Waals surface area contributed by atoms with E-state index in [1.807, 2.05) is 13.8 Å². The minimum Gasteiger partial charge on any atom is -0.496 e. The first-order valence-corrected chi connectivity index (χ1v) is 6.86. The fourth-order valence-electron chi connectivity index (χ4n) is 2.27. The van der Waals surface area contributed by atoms with Crippen LogP contribution in [0, 0.1) is 5.82 Å². The highest BCUT2D eigenvalue weighted by Crippen LogP contribution is 2.30. The second-order valence-electron chi connectivity index (χ2n) is 4.32. The standard InChI is InChI=1S/C15H24FNO2/c1-5-13(19-7-3)15(17-6-2)12-10-11(16)8-9-14(12)18-4/h8-10,13,15,17H,5-7H2,1-4H3. The number of hydrogen-bond acceptors (Lipinski definition) is 3. The molecule has 2 unspecified atom stereocenters. The average molecular weight is 269 g/mol. The third-order valence-corrected chi connectivity index (χ3v) is 3.11. The summed E-state index contributed by atoms with van der Waals surface area (Å²) >= 11 is 0. The van der Waals surface area contributed by atoms with Crippen LogP contribution in [0.5, 0.6) is 5.75 Å². The Morgan fingerprint density at radius 3 is 2.53 bits per heavy atom. The van der Waals surface area contributed by atoms with E-state index >= 15 is 0 Å². The highest BCUT2D eigenvalue weighted by molar-refractivity contribution is 5.37. The van der Waals surface area contributed by atoms with Gasteiger partial charge in [-0.25, -0.2) is 4.39 Å². The van der Waals surface area contributed by atoms with Gasteiger partial charge in [-0.15, -0.1) is 0 Å². The number of halogens is 1. The summed E-state index contributed by atoms with van der Waals surface area (Å²) in [5.41, 5.74) is 0.810. The van der Waals surface area contributed by atoms with E-state index in [2.05, 4.69) is 12.2 Å². The molecule has 1 rings (SSSR count). The first kappa shape index (κ1) is 15.9. The molecule has 108 valence electrons. The van der Waals surface area contributed by atoms with Gasteiger partial charge in [-0.05, 0) is 38.1 Å². The van der Waals surface area contributed by atoms with Crippen molar-refractivity contribution in [1.29, 1.82) is 0 Å². The minimum absolute atomic E-state index is 0.000602. The molecule has 0 fully saturated rings. The third-order valence-electron chi connectivity index (χ3n) is 3.11. The molecule has 1 N–H and O–H groups in total. The van der Waals surface area contributed by atoms with E-state index in [1.165, 1.54) is 12.1 Å². The molecule has 0 radical (unpaired) electrons. The van der Waals surface area contributed by atoms with E-state index in [-0.39, 0.29) is 18.0 Å². The van der Waals surface area contributed by atoms with Gasteiger partial charge in [-0.2, -0.15) is 0 Å². The fourth-order valence-corrected chi connectivity index (χ4v) is 2.27. The maximum atomic E-state index is 13.5. The van der Waals surface area contributed by atoms with E-state index in [4.69, 9.17) is 9.47 Å². The Hall–Kier alpha value is -1.13. The van der Waals surface area contributed by atoms with Crippen LogP contribution in [0.1, 0.15) is 38.8 Å². The van der Waals surface area contributed by atoms with E-state index in [1.54, 1.807) is 13.2 Å². The fraction of sp³-hybridized carbons (Fsp3) is 0.600. The zero-order valence-electron chi connectivity index (χ0n) is 12.2. The lowest BCUT2D eigenvalue weighted by Crippen LogP contribution is -2.34. The average Bonchev–Trinajstić information content (AvgIpc) is 2.42. The molecule has 0 bridgehead atoms. The Kier molecular flexibility index (Phi) is 6.81. The van der Waals surface area contributed by atoms with E-state index in [0.29, 0.717) is 12.4 Å². The van der Waals surface area contributed by atoms with Crippen LogP contribution in [0.25, 0.3) is 0 Å². The molecule has 19 heavy (non-hydrogen) atoms. The summed E-state index contributed by atoms with van der Waals surface area (Å²) in [7, 11) is 1.60. The molecule has 0 heterocycles. The highest BCUT2D eigenvalue weighted by Gasteiger charge is 2.24. The van der Waals surface area contributed by atoms with Crippen molar-refractivity contribution in [3.63, 3.8) is 0 Å². The van der Waals surface area contributed by atoms with Gasteiger partial charge in [0.2, 0.25) is 0 Å². The van der Waals surface area contributed by atoms with Crippen molar-refractivity contribution in [3.8, 4) is 5.75 Å². The zero-order valence-corrected chi connectivity index (χ0v) is 12.2. The monoisotopic (exact) mass is 269 g/mol. The number of methoxy groups -OCH3 is 1. The van der Waals surface area contributed by atoms with E-state index < -0.39 is 0 Å². The van der Waals surface area contributed by atoms with Gasteiger partial charge >= 0.3 is 0 Å². The maximum Gasteiger partial charge on any atom is 0.123 e. The largest absolute Gasteiger partial charge is 0.496 e. The SMILES string of the molecule is CCNC(c1cc(F)ccc1OC)C(CC)OCC. The normalized spacial score (nSPS) is 14.2. The molecule has 1 aromatic rings. The van der Waals surface area contributed by atoms with Crippen molar-refractivity contribution in [2.75, 3.05) is 20.3 Å². The molecular formula is C15H24FNO2. The van der Waals surface area contributed by atoms with Crippen LogP contribution < -0.4 is 10.1 Å². The predicted octanol–water partition coefficient (Wildman–Crippen LogP) is 3.30. The van der Waals surface area contributed by atoms with Crippen LogP contribution in [0.4, 0.5) is 4.39 Å². The van der Waals surface area contributed by atoms with Crippen molar-refractivity contribution in [2.24, 2.45) is 0 Å². The lowest BCUT2D eigenvalue weighted by Gasteiger charge is -2.28. The zero-order chi connectivity index (χ0) is 14.3. The summed E-state index contributed by atoms with van der Waals surface area (Å²) in [6.07, 6.45) is 0.853. The minimum atomic E-state index is -0.259. The number of benzene rings is 1. The van der Waals surface area contributed by atoms with E-state index in [9.17, 15) is 4.39 Å². The summed E-state index contributed by atoms with van der Waals surface area (Å²) in [4.78, 5) is 0. The van der Waals surface area contributed by atoms with Crippen LogP contribution in [-0.2, 0) is 4.74 Å². The third kappa shape index (κ3) is 4.18. The van der Waals surface area contributed by atoms with Gasteiger partial charge in [-0.3, -0.25) is 0 Å². The maximum absolute atomic E-state index is 13.5. The second-order valence-corrected chi connectivity index (χ2v) is 4.32. The summed E-state index contributed by atoms with van der Waals surface area (Å²) in [6, 6.07) is 4.52. The van der Waals surface area contributed by atoms with Crippen molar-refractivity contribution >= 4 is 0 Å². The molecule has 1 aromatic carbocycles. The Labute approximate surface area is 115 Å². The molecule has 4 heteroatoms. The first-order chi connectivity index (χ1) is 9.17. The van der Waals surface area contributed by atoms with Crippen molar-refractivity contribution in [3.05, 3.63) is 29.6 Å². The molecule has 0 aromatic heterocycles. The van der Waals surface area contributed by atoms with Crippen LogP contribution >= 0.6 is 0 Å². The topological polar surface area (TPSA) is 30.5 Å². The molecule has 0 spiro atoms. The van der Waals surface area contributed by atoms with Crippen molar-refractivity contribution in [1.82, 2.24) is 5.32 Å². The summed E-state index contributed by atoms with van der Waals surface area (Å²) in [6.45, 7) is 7.48. The number of ether oxygens (including phenoxy) is 2. The Balaban J connectivity index is 3.12. The molecule has 0 aliphatic carbocycles. The van der Waals surface area contributed by atoms with Gasteiger partial charge in [-0.1, -0.05) is 13.8 Å². The molecule has 0 saturated carbocycles. The number of hydrogen-bond donors (Lipinski definition) is 1. The molecule has 2 atom stereocenters. The van der Waals surface area contributed by atoms with Crippen LogP contribution in [-0.4, -0.2) is 26.4 Å². The number of likely N-dealkylation sites (N-methyl/N-ethyl adjacent to an activating group) is 1. The lowest BCUT2D eigenvalue weighted by molar-refractivity contribution is 0.0311. The summed E-state index contributed by atoms with van der Waals surface area (Å²) in [5.74, 6) is 0.426. The van der Waals surface area contributed by atoms with Gasteiger partial charge in [0, 0.05) is 12.2 Å². The number of rotatable bonds is 8. The smallest absolute Gasteiger partial charge is 0.123 e. The quantitative estimate of drug-likeness (QED) is 0.785. The number of nitrogens with one attached hydrogen (secondary N) is 1. The van der Waals surface area contributed by atoms with Crippen LogP contribution in [0.3, 0.4) is 0 Å². The Morgan fingerprint density at radius 2 is 2.00 bits per heavy atom. The van der Waals surface area contributed by atoms with Crippen LogP contribution in [0.15, 0.2) is 18.2 Å². The van der Waals surface area contributed by atoms with Gasteiger partial charge < -0.3 is 14.8 Å².